The summed E-state index contributed by atoms with van der Waals surface area (Å²) in [5, 5.41) is 2.78. The molecule has 0 bridgehead atoms. The number of allylic oxidation sites excluding steroid dienone is 3. The van der Waals surface area contributed by atoms with E-state index in [1.807, 2.05) is 54.8 Å². The number of amides is 3. The predicted molar refractivity (Wildman–Crippen MR) is 102 cm³/mol. The third kappa shape index (κ3) is 2.51. The molecule has 7 nitrogen and oxygen atoms in total. The molecule has 138 valence electrons. The molecule has 0 saturated heterocycles. The molecule has 0 radical (unpaired) electrons. The van der Waals surface area contributed by atoms with E-state index in [2.05, 4.69) is 15.3 Å². The van der Waals surface area contributed by atoms with E-state index in [1.165, 1.54) is 0 Å². The van der Waals surface area contributed by atoms with Crippen LogP contribution < -0.4 is 15.0 Å². The summed E-state index contributed by atoms with van der Waals surface area (Å²) in [6.45, 7) is 0. The van der Waals surface area contributed by atoms with Gasteiger partial charge in [0, 0.05) is 24.9 Å². The third-order valence-electron chi connectivity index (χ3n) is 5.09. The number of likely N-dealkylation sites (N-methyl/N-ethyl adjacent to an activating group) is 1. The van der Waals surface area contributed by atoms with Crippen molar-refractivity contribution in [3.05, 3.63) is 77.4 Å². The molecule has 7 heteroatoms. The Morgan fingerprint density at radius 1 is 1.18 bits per heavy atom. The highest BCUT2D eigenvalue weighted by molar-refractivity contribution is 6.19. The number of nitrogens with one attached hydrogen (secondary N) is 2. The Bertz CT molecular complexity index is 1080. The average Bonchev–Trinajstić information content (AvgIpc) is 3.32. The normalized spacial score (nSPS) is 25.2. The smallest absolute Gasteiger partial charge is 0.346 e. The van der Waals surface area contributed by atoms with Crippen LogP contribution in [-0.2, 0) is 4.79 Å². The van der Waals surface area contributed by atoms with Crippen LogP contribution in [0.3, 0.4) is 0 Å². The highest BCUT2D eigenvalue weighted by Crippen LogP contribution is 2.37. The molecular formula is C21H17N4O3+. The molecule has 1 aromatic carbocycles. The Balaban J connectivity index is 1.61. The molecule has 2 atom stereocenters. The van der Waals surface area contributed by atoms with E-state index in [9.17, 15) is 9.59 Å². The van der Waals surface area contributed by atoms with Crippen LogP contribution in [0, 0.1) is 5.92 Å². The van der Waals surface area contributed by atoms with Gasteiger partial charge in [0.25, 0.3) is 11.9 Å². The van der Waals surface area contributed by atoms with Gasteiger partial charge in [0.2, 0.25) is 0 Å². The molecule has 0 spiro atoms. The minimum absolute atomic E-state index is 0.0156. The number of fused-ring (bicyclic) bond motifs is 2. The molecule has 3 aliphatic heterocycles. The number of ether oxygens (including phenoxy) is 1. The number of para-hydroxylation sites is 1. The fourth-order valence-corrected chi connectivity index (χ4v) is 3.78. The first-order valence-corrected chi connectivity index (χ1v) is 8.95. The summed E-state index contributed by atoms with van der Waals surface area (Å²) in [7, 11) is 1.74. The van der Waals surface area contributed by atoms with Crippen molar-refractivity contribution >= 4 is 23.9 Å². The summed E-state index contributed by atoms with van der Waals surface area (Å²) in [4.78, 5) is 33.0. The van der Waals surface area contributed by atoms with Crippen molar-refractivity contribution in [3.63, 3.8) is 0 Å². The van der Waals surface area contributed by atoms with Gasteiger partial charge in [0.05, 0.1) is 11.6 Å². The first kappa shape index (κ1) is 16.4. The standard InChI is InChI=1S/C21H16N4O3/c1-25-11-15(13-9-10-22-17(13)20(25)26)14-7-8-16-18(24-21(27)23-16)19(14)28-12-5-3-2-4-6-12/h2-11,14,17H,1H3,(H,24,27)/p+1. The maximum absolute atomic E-state index is 12.5. The summed E-state index contributed by atoms with van der Waals surface area (Å²) in [6.07, 6.45) is 9.29. The quantitative estimate of drug-likeness (QED) is 0.807. The van der Waals surface area contributed by atoms with Crippen LogP contribution in [0.15, 0.2) is 82.4 Å². The molecule has 2 N–H and O–H groups in total. The summed E-state index contributed by atoms with van der Waals surface area (Å²) >= 11 is 0. The van der Waals surface area contributed by atoms with Gasteiger partial charge in [-0.2, -0.15) is 4.99 Å². The Morgan fingerprint density at radius 2 is 2.00 bits per heavy atom. The molecule has 0 fully saturated rings. The predicted octanol–water partition coefficient (Wildman–Crippen LogP) is 0.443. The summed E-state index contributed by atoms with van der Waals surface area (Å²) < 4.78 is 6.22. The zero-order valence-corrected chi connectivity index (χ0v) is 15.0. The third-order valence-corrected chi connectivity index (χ3v) is 5.09. The van der Waals surface area contributed by atoms with Gasteiger partial charge in [-0.05, 0) is 23.8 Å². The molecule has 2 unspecified atom stereocenters. The second kappa shape index (κ2) is 6.16. The van der Waals surface area contributed by atoms with E-state index in [4.69, 9.17) is 4.74 Å². The molecule has 28 heavy (non-hydrogen) atoms. The summed E-state index contributed by atoms with van der Waals surface area (Å²) in [5.41, 5.74) is 2.95. The molecule has 4 aliphatic rings. The van der Waals surface area contributed by atoms with Gasteiger partial charge in [-0.15, -0.1) is 0 Å². The van der Waals surface area contributed by atoms with Crippen molar-refractivity contribution in [1.82, 2.24) is 10.2 Å². The number of hydrogen-bond acceptors (Lipinski definition) is 3. The minimum atomic E-state index is -0.415. The van der Waals surface area contributed by atoms with Gasteiger partial charge < -0.3 is 15.0 Å². The zero-order valence-electron chi connectivity index (χ0n) is 15.0. The largest absolute Gasteiger partial charge is 0.458 e. The second-order valence-corrected chi connectivity index (χ2v) is 6.84. The van der Waals surface area contributed by atoms with Crippen molar-refractivity contribution in [2.24, 2.45) is 10.9 Å². The second-order valence-electron chi connectivity index (χ2n) is 6.84. The molecule has 0 aromatic heterocycles. The van der Waals surface area contributed by atoms with Gasteiger partial charge >= 0.3 is 6.03 Å². The van der Waals surface area contributed by atoms with Crippen molar-refractivity contribution in [2.75, 3.05) is 7.05 Å². The topological polar surface area (TPSA) is 85.0 Å². The number of hydrogen-bond donors (Lipinski definition) is 2. The summed E-state index contributed by atoms with van der Waals surface area (Å²) in [5.74, 6) is 0.954. The first-order chi connectivity index (χ1) is 13.6. The SMILES string of the molecule is CN1C=C(C2C=CC3=NC(=O)NC3=C2Oc2ccccc2)C2=CC=[NH+]C2C1=O. The Hall–Kier alpha value is -3.74. The number of benzene rings is 1. The Labute approximate surface area is 161 Å². The summed E-state index contributed by atoms with van der Waals surface area (Å²) in [6, 6.07) is 8.57. The van der Waals surface area contributed by atoms with Gasteiger partial charge in [0.15, 0.2) is 6.21 Å². The average molecular weight is 373 g/mol. The maximum atomic E-state index is 12.5. The number of nitrogens with zero attached hydrogens (tertiary/aromatic N) is 2. The lowest BCUT2D eigenvalue weighted by molar-refractivity contribution is -0.468. The first-order valence-electron chi connectivity index (χ1n) is 8.95. The lowest BCUT2D eigenvalue weighted by Crippen LogP contribution is -2.79. The van der Waals surface area contributed by atoms with Crippen LogP contribution >= 0.6 is 0 Å². The lowest BCUT2D eigenvalue weighted by Gasteiger charge is -2.30. The van der Waals surface area contributed by atoms with Crippen LogP contribution in [0.25, 0.3) is 0 Å². The van der Waals surface area contributed by atoms with Crippen molar-refractivity contribution in [2.45, 2.75) is 6.04 Å². The molecular weight excluding hydrogens is 356 g/mol. The molecule has 1 aromatic rings. The molecule has 1 aliphatic carbocycles. The van der Waals surface area contributed by atoms with E-state index in [0.717, 1.165) is 11.1 Å². The van der Waals surface area contributed by atoms with E-state index >= 15 is 0 Å². The highest BCUT2D eigenvalue weighted by atomic mass is 16.5. The van der Waals surface area contributed by atoms with Crippen molar-refractivity contribution < 1.29 is 19.3 Å². The minimum Gasteiger partial charge on any atom is -0.458 e. The van der Waals surface area contributed by atoms with Gasteiger partial charge in [-0.25, -0.2) is 9.79 Å². The highest BCUT2D eigenvalue weighted by Gasteiger charge is 2.43. The molecule has 3 heterocycles. The number of aliphatic imine (C=N–C) groups is 1. The van der Waals surface area contributed by atoms with Gasteiger partial charge in [-0.3, -0.25) is 4.79 Å². The lowest BCUT2D eigenvalue weighted by atomic mass is 9.82. The van der Waals surface area contributed by atoms with E-state index in [-0.39, 0.29) is 11.8 Å². The number of carbonyl (C=O) groups excluding carboxylic acids is 2. The van der Waals surface area contributed by atoms with Crippen molar-refractivity contribution in [3.8, 4) is 5.75 Å². The van der Waals surface area contributed by atoms with Crippen LogP contribution in [0.1, 0.15) is 0 Å². The fraction of sp³-hybridized carbons (Fsp3) is 0.143. The molecule has 3 amide bonds. The van der Waals surface area contributed by atoms with Crippen LogP contribution in [0.4, 0.5) is 4.79 Å². The Morgan fingerprint density at radius 3 is 2.82 bits per heavy atom. The van der Waals surface area contributed by atoms with Crippen LogP contribution in [0.5, 0.6) is 5.75 Å². The van der Waals surface area contributed by atoms with Crippen LogP contribution in [0.2, 0.25) is 0 Å². The monoisotopic (exact) mass is 373 g/mol. The van der Waals surface area contributed by atoms with E-state index in [0.29, 0.717) is 22.9 Å². The fourth-order valence-electron chi connectivity index (χ4n) is 3.78. The maximum Gasteiger partial charge on any atom is 0.346 e. The van der Waals surface area contributed by atoms with E-state index in [1.54, 1.807) is 18.2 Å². The Kier molecular flexibility index (Phi) is 3.61. The number of rotatable bonds is 3. The van der Waals surface area contributed by atoms with Crippen molar-refractivity contribution in [1.29, 1.82) is 0 Å². The molecule has 5 rings (SSSR count). The molecule has 0 saturated carbocycles. The van der Waals surface area contributed by atoms with Crippen LogP contribution in [-0.4, -0.2) is 41.9 Å². The number of urea groups is 1. The number of carbonyl (C=O) groups is 2. The van der Waals surface area contributed by atoms with Gasteiger partial charge in [0.1, 0.15) is 17.2 Å². The zero-order chi connectivity index (χ0) is 19.3. The van der Waals surface area contributed by atoms with E-state index < -0.39 is 12.1 Å². The van der Waals surface area contributed by atoms with Gasteiger partial charge in [-0.1, -0.05) is 24.3 Å².